The van der Waals surface area contributed by atoms with Crippen LogP contribution in [0, 0.1) is 5.95 Å². The Labute approximate surface area is 73.6 Å². The highest BCUT2D eigenvalue weighted by Crippen LogP contribution is 2.23. The molecule has 0 bridgehead atoms. The molecular formula is C8H9F3N2. The van der Waals surface area contributed by atoms with Crippen LogP contribution in [0.25, 0.3) is 0 Å². The molecule has 1 heterocycles. The molecule has 1 atom stereocenters. The monoisotopic (exact) mass is 190 g/mol. The molecule has 72 valence electrons. The van der Waals surface area contributed by atoms with Crippen LogP contribution >= 0.6 is 0 Å². The van der Waals surface area contributed by atoms with E-state index < -0.39 is 24.0 Å². The van der Waals surface area contributed by atoms with Gasteiger partial charge in [0.1, 0.15) is 0 Å². The molecule has 1 unspecified atom stereocenters. The molecule has 0 aliphatic carbocycles. The van der Waals surface area contributed by atoms with E-state index in [4.69, 9.17) is 5.73 Å². The van der Waals surface area contributed by atoms with E-state index in [1.54, 1.807) is 6.92 Å². The number of nitrogens with zero attached hydrogens (tertiary/aromatic N) is 1. The molecular weight excluding hydrogens is 181 g/mol. The minimum atomic E-state index is -2.86. The first-order chi connectivity index (χ1) is 6.02. The summed E-state index contributed by atoms with van der Waals surface area (Å²) in [5, 5.41) is 0. The van der Waals surface area contributed by atoms with Crippen LogP contribution in [0.1, 0.15) is 30.5 Å². The van der Waals surface area contributed by atoms with Gasteiger partial charge in [-0.05, 0) is 18.6 Å². The lowest BCUT2D eigenvalue weighted by atomic mass is 10.1. The van der Waals surface area contributed by atoms with Crippen molar-refractivity contribution in [2.24, 2.45) is 5.73 Å². The number of aromatic nitrogens is 1. The van der Waals surface area contributed by atoms with Crippen molar-refractivity contribution in [3.8, 4) is 0 Å². The molecule has 0 spiro atoms. The standard InChI is InChI=1S/C8H9F3N2/c1-4(12)5-2-6(7(9)10)8(11)13-3-5/h2-4,7H,12H2,1H3. The first kappa shape index (κ1) is 9.98. The third-order valence-electron chi connectivity index (χ3n) is 1.65. The Morgan fingerprint density at radius 2 is 2.08 bits per heavy atom. The van der Waals surface area contributed by atoms with Gasteiger partial charge in [0.25, 0.3) is 6.43 Å². The Bertz CT molecular complexity index is 299. The van der Waals surface area contributed by atoms with Crippen molar-refractivity contribution in [3.63, 3.8) is 0 Å². The van der Waals surface area contributed by atoms with Crippen LogP contribution in [0.15, 0.2) is 12.3 Å². The number of alkyl halides is 2. The quantitative estimate of drug-likeness (QED) is 0.726. The van der Waals surface area contributed by atoms with Crippen LogP contribution < -0.4 is 5.73 Å². The lowest BCUT2D eigenvalue weighted by Gasteiger charge is -2.07. The van der Waals surface area contributed by atoms with Gasteiger partial charge in [0.05, 0.1) is 5.56 Å². The highest BCUT2D eigenvalue weighted by atomic mass is 19.3. The molecule has 1 aromatic heterocycles. The van der Waals surface area contributed by atoms with Crippen molar-refractivity contribution < 1.29 is 13.2 Å². The predicted molar refractivity (Wildman–Crippen MR) is 41.8 cm³/mol. The van der Waals surface area contributed by atoms with E-state index in [2.05, 4.69) is 4.98 Å². The summed E-state index contributed by atoms with van der Waals surface area (Å²) in [6.45, 7) is 1.62. The summed E-state index contributed by atoms with van der Waals surface area (Å²) in [5.41, 5.74) is 5.13. The van der Waals surface area contributed by atoms with E-state index >= 15 is 0 Å². The van der Waals surface area contributed by atoms with Crippen molar-refractivity contribution in [1.82, 2.24) is 4.98 Å². The van der Waals surface area contributed by atoms with Gasteiger partial charge in [-0.3, -0.25) is 0 Å². The van der Waals surface area contributed by atoms with Crippen LogP contribution in [-0.2, 0) is 0 Å². The third-order valence-corrected chi connectivity index (χ3v) is 1.65. The van der Waals surface area contributed by atoms with Gasteiger partial charge in [0, 0.05) is 12.2 Å². The van der Waals surface area contributed by atoms with Crippen LogP contribution in [-0.4, -0.2) is 4.98 Å². The highest BCUT2D eigenvalue weighted by Gasteiger charge is 2.15. The van der Waals surface area contributed by atoms with Gasteiger partial charge in [-0.1, -0.05) is 0 Å². The fourth-order valence-electron chi connectivity index (χ4n) is 0.884. The Morgan fingerprint density at radius 1 is 1.46 bits per heavy atom. The Hall–Kier alpha value is -1.10. The topological polar surface area (TPSA) is 38.9 Å². The minimum Gasteiger partial charge on any atom is -0.324 e. The predicted octanol–water partition coefficient (Wildman–Crippen LogP) is 2.18. The average Bonchev–Trinajstić information content (AvgIpc) is 2.04. The van der Waals surface area contributed by atoms with E-state index in [-0.39, 0.29) is 0 Å². The first-order valence-corrected chi connectivity index (χ1v) is 3.71. The second kappa shape index (κ2) is 3.74. The van der Waals surface area contributed by atoms with Crippen LogP contribution in [0.2, 0.25) is 0 Å². The molecule has 1 aromatic rings. The second-order valence-corrected chi connectivity index (χ2v) is 2.74. The van der Waals surface area contributed by atoms with Gasteiger partial charge in [0.15, 0.2) is 0 Å². The normalized spacial score (nSPS) is 13.4. The van der Waals surface area contributed by atoms with Crippen molar-refractivity contribution in [2.75, 3.05) is 0 Å². The maximum Gasteiger partial charge on any atom is 0.268 e. The largest absolute Gasteiger partial charge is 0.324 e. The van der Waals surface area contributed by atoms with E-state index in [1.165, 1.54) is 0 Å². The smallest absolute Gasteiger partial charge is 0.268 e. The van der Waals surface area contributed by atoms with Crippen LogP contribution in [0.5, 0.6) is 0 Å². The maximum atomic E-state index is 12.7. The lowest BCUT2D eigenvalue weighted by molar-refractivity contribution is 0.145. The molecule has 0 saturated carbocycles. The zero-order chi connectivity index (χ0) is 10.0. The molecule has 0 aliphatic rings. The Morgan fingerprint density at radius 3 is 2.54 bits per heavy atom. The summed E-state index contributed by atoms with van der Waals surface area (Å²) in [4.78, 5) is 3.19. The number of hydrogen-bond donors (Lipinski definition) is 1. The minimum absolute atomic E-state index is 0.400. The summed E-state index contributed by atoms with van der Waals surface area (Å²) in [5.74, 6) is -1.14. The zero-order valence-corrected chi connectivity index (χ0v) is 6.97. The Kier molecular flexibility index (Phi) is 2.87. The van der Waals surface area contributed by atoms with E-state index in [9.17, 15) is 13.2 Å². The van der Waals surface area contributed by atoms with E-state index in [1.807, 2.05) is 0 Å². The molecule has 2 nitrogen and oxygen atoms in total. The van der Waals surface area contributed by atoms with Gasteiger partial charge in [-0.15, -0.1) is 0 Å². The highest BCUT2D eigenvalue weighted by molar-refractivity contribution is 5.22. The van der Waals surface area contributed by atoms with Gasteiger partial charge >= 0.3 is 0 Å². The van der Waals surface area contributed by atoms with Crippen molar-refractivity contribution >= 4 is 0 Å². The summed E-state index contributed by atoms with van der Waals surface area (Å²) in [6.07, 6.45) is -1.70. The molecule has 2 N–H and O–H groups in total. The maximum absolute atomic E-state index is 12.7. The summed E-state index contributed by atoms with van der Waals surface area (Å²) >= 11 is 0. The van der Waals surface area contributed by atoms with Gasteiger partial charge in [-0.2, -0.15) is 4.39 Å². The third kappa shape index (κ3) is 2.18. The second-order valence-electron chi connectivity index (χ2n) is 2.74. The van der Waals surface area contributed by atoms with E-state index in [0.29, 0.717) is 5.56 Å². The molecule has 0 fully saturated rings. The average molecular weight is 190 g/mol. The lowest BCUT2D eigenvalue weighted by Crippen LogP contribution is -2.07. The molecule has 0 saturated heterocycles. The fraction of sp³-hybridized carbons (Fsp3) is 0.375. The van der Waals surface area contributed by atoms with Crippen molar-refractivity contribution in [1.29, 1.82) is 0 Å². The SMILES string of the molecule is CC(N)c1cnc(F)c(C(F)F)c1. The van der Waals surface area contributed by atoms with Gasteiger partial charge < -0.3 is 5.73 Å². The first-order valence-electron chi connectivity index (χ1n) is 3.71. The van der Waals surface area contributed by atoms with Gasteiger partial charge in [-0.25, -0.2) is 13.8 Å². The molecule has 1 rings (SSSR count). The van der Waals surface area contributed by atoms with Crippen molar-refractivity contribution in [3.05, 3.63) is 29.3 Å². The molecule has 0 aliphatic heterocycles. The summed E-state index contributed by atoms with van der Waals surface area (Å²) < 4.78 is 37.0. The molecule has 0 amide bonds. The number of hydrogen-bond acceptors (Lipinski definition) is 2. The molecule has 0 radical (unpaired) electrons. The van der Waals surface area contributed by atoms with Crippen LogP contribution in [0.4, 0.5) is 13.2 Å². The molecule has 13 heavy (non-hydrogen) atoms. The van der Waals surface area contributed by atoms with Crippen molar-refractivity contribution in [2.45, 2.75) is 19.4 Å². The van der Waals surface area contributed by atoms with E-state index in [0.717, 1.165) is 12.3 Å². The number of pyridine rings is 1. The number of halogens is 3. The molecule has 0 aromatic carbocycles. The summed E-state index contributed by atoms with van der Waals surface area (Å²) in [6, 6.07) is 0.614. The fourth-order valence-corrected chi connectivity index (χ4v) is 0.884. The molecule has 5 heteroatoms. The van der Waals surface area contributed by atoms with Gasteiger partial charge in [0.2, 0.25) is 5.95 Å². The number of rotatable bonds is 2. The zero-order valence-electron chi connectivity index (χ0n) is 6.97. The summed E-state index contributed by atoms with van der Waals surface area (Å²) in [7, 11) is 0. The number of nitrogens with two attached hydrogens (primary N) is 1. The van der Waals surface area contributed by atoms with Crippen LogP contribution in [0.3, 0.4) is 0 Å². The Balaban J connectivity index is 3.11.